The average molecular weight is 394 g/mol. The van der Waals surface area contributed by atoms with Gasteiger partial charge in [0.25, 0.3) is 5.88 Å². The summed E-state index contributed by atoms with van der Waals surface area (Å²) in [5.41, 5.74) is 0.975. The van der Waals surface area contributed by atoms with Crippen LogP contribution in [0.3, 0.4) is 0 Å². The summed E-state index contributed by atoms with van der Waals surface area (Å²) >= 11 is 0. The van der Waals surface area contributed by atoms with Crippen molar-refractivity contribution < 1.29 is 19.0 Å². The Morgan fingerprint density at radius 3 is 2.79 bits per heavy atom. The van der Waals surface area contributed by atoms with Gasteiger partial charge in [-0.3, -0.25) is 4.79 Å². The molecule has 0 saturated carbocycles. The van der Waals surface area contributed by atoms with Gasteiger partial charge in [-0.2, -0.15) is 5.26 Å². The molecule has 1 aromatic carbocycles. The van der Waals surface area contributed by atoms with E-state index in [1.54, 1.807) is 31.3 Å². The molecule has 1 amide bonds. The minimum absolute atomic E-state index is 0.104. The number of ether oxygens (including phenoxy) is 3. The number of piperidine rings is 1. The summed E-state index contributed by atoms with van der Waals surface area (Å²) in [7, 11) is 3.14. The predicted molar refractivity (Wildman–Crippen MR) is 106 cm³/mol. The SMILES string of the molecule is COc1ccc(/C=C/C(=O)N2CCCC(Oc3nccnc3C#N)C2)cc1OC. The number of nitriles is 1. The van der Waals surface area contributed by atoms with Gasteiger partial charge in [-0.1, -0.05) is 6.07 Å². The second-order valence-corrected chi connectivity index (χ2v) is 6.44. The lowest BCUT2D eigenvalue weighted by molar-refractivity contribution is -0.128. The number of hydrogen-bond acceptors (Lipinski definition) is 7. The van der Waals surface area contributed by atoms with E-state index >= 15 is 0 Å². The first kappa shape index (κ1) is 20.1. The molecule has 0 spiro atoms. The van der Waals surface area contributed by atoms with E-state index < -0.39 is 0 Å². The Morgan fingerprint density at radius 1 is 1.24 bits per heavy atom. The Labute approximate surface area is 169 Å². The minimum Gasteiger partial charge on any atom is -0.493 e. The number of nitrogens with zero attached hydrogens (tertiary/aromatic N) is 4. The van der Waals surface area contributed by atoms with Crippen molar-refractivity contribution in [3.8, 4) is 23.4 Å². The Morgan fingerprint density at radius 2 is 2.03 bits per heavy atom. The van der Waals surface area contributed by atoms with E-state index in [0.29, 0.717) is 24.6 Å². The van der Waals surface area contributed by atoms with Gasteiger partial charge in [0.1, 0.15) is 12.2 Å². The average Bonchev–Trinajstić information content (AvgIpc) is 2.77. The normalized spacial score (nSPS) is 16.3. The summed E-state index contributed by atoms with van der Waals surface area (Å²) in [4.78, 5) is 22.4. The quantitative estimate of drug-likeness (QED) is 0.694. The zero-order valence-electron chi connectivity index (χ0n) is 16.4. The lowest BCUT2D eigenvalue weighted by Crippen LogP contribution is -2.43. The van der Waals surface area contributed by atoms with Crippen molar-refractivity contribution in [3.05, 3.63) is 47.9 Å². The molecule has 2 aromatic rings. The second kappa shape index (κ2) is 9.55. The van der Waals surface area contributed by atoms with E-state index in [1.807, 2.05) is 18.2 Å². The highest BCUT2D eigenvalue weighted by molar-refractivity contribution is 5.92. The minimum atomic E-state index is -0.231. The molecule has 150 valence electrons. The monoisotopic (exact) mass is 394 g/mol. The van der Waals surface area contributed by atoms with Crippen molar-refractivity contribution >= 4 is 12.0 Å². The number of benzene rings is 1. The number of amides is 1. The first-order valence-corrected chi connectivity index (χ1v) is 9.21. The standard InChI is InChI=1S/C21H22N4O4/c1-27-18-7-5-15(12-19(18)28-2)6-8-20(26)25-11-3-4-16(14-25)29-21-17(13-22)23-9-10-24-21/h5-10,12,16H,3-4,11,14H2,1-2H3/b8-6+. The van der Waals surface area contributed by atoms with Gasteiger partial charge < -0.3 is 19.1 Å². The van der Waals surface area contributed by atoms with Crippen LogP contribution in [-0.4, -0.2) is 54.2 Å². The van der Waals surface area contributed by atoms with Gasteiger partial charge in [0.05, 0.1) is 20.8 Å². The number of methoxy groups -OCH3 is 2. The van der Waals surface area contributed by atoms with Crippen LogP contribution in [0.15, 0.2) is 36.7 Å². The maximum atomic E-state index is 12.6. The molecule has 29 heavy (non-hydrogen) atoms. The zero-order valence-corrected chi connectivity index (χ0v) is 16.4. The highest BCUT2D eigenvalue weighted by Crippen LogP contribution is 2.28. The molecule has 1 aromatic heterocycles. The Bertz CT molecular complexity index is 939. The van der Waals surface area contributed by atoms with Gasteiger partial charge in [-0.25, -0.2) is 9.97 Å². The summed E-state index contributed by atoms with van der Waals surface area (Å²) in [6.07, 6.45) is 7.56. The van der Waals surface area contributed by atoms with Gasteiger partial charge in [-0.15, -0.1) is 0 Å². The molecule has 1 aliphatic rings. The smallest absolute Gasteiger partial charge is 0.251 e. The van der Waals surface area contributed by atoms with Crippen LogP contribution in [-0.2, 0) is 4.79 Å². The molecule has 0 N–H and O–H groups in total. The highest BCUT2D eigenvalue weighted by atomic mass is 16.5. The van der Waals surface area contributed by atoms with Crippen LogP contribution in [0.1, 0.15) is 24.1 Å². The number of hydrogen-bond donors (Lipinski definition) is 0. The van der Waals surface area contributed by atoms with Crippen LogP contribution in [0.25, 0.3) is 6.08 Å². The second-order valence-electron chi connectivity index (χ2n) is 6.44. The van der Waals surface area contributed by atoms with E-state index in [0.717, 1.165) is 18.4 Å². The zero-order chi connectivity index (χ0) is 20.6. The van der Waals surface area contributed by atoms with E-state index in [-0.39, 0.29) is 23.6 Å². The van der Waals surface area contributed by atoms with Crippen LogP contribution < -0.4 is 14.2 Å². The van der Waals surface area contributed by atoms with Crippen LogP contribution in [0.4, 0.5) is 0 Å². The molecule has 1 unspecified atom stereocenters. The number of carbonyl (C=O) groups is 1. The molecular formula is C21H22N4O4. The van der Waals surface area contributed by atoms with Crippen molar-refractivity contribution in [1.82, 2.24) is 14.9 Å². The van der Waals surface area contributed by atoms with Gasteiger partial charge in [0.15, 0.2) is 11.5 Å². The molecular weight excluding hydrogens is 372 g/mol. The summed E-state index contributed by atoms with van der Waals surface area (Å²) < 4.78 is 16.3. The topological polar surface area (TPSA) is 97.6 Å². The van der Waals surface area contributed by atoms with Gasteiger partial charge in [0, 0.05) is 25.0 Å². The molecule has 1 aliphatic heterocycles. The van der Waals surface area contributed by atoms with Crippen LogP contribution in [0.2, 0.25) is 0 Å². The van der Waals surface area contributed by atoms with Gasteiger partial charge in [-0.05, 0) is 36.6 Å². The molecule has 0 bridgehead atoms. The molecule has 1 saturated heterocycles. The van der Waals surface area contributed by atoms with Gasteiger partial charge in [0.2, 0.25) is 11.6 Å². The van der Waals surface area contributed by atoms with Crippen LogP contribution in [0.5, 0.6) is 17.4 Å². The fourth-order valence-corrected chi connectivity index (χ4v) is 3.11. The summed E-state index contributed by atoms with van der Waals surface area (Å²) in [6, 6.07) is 7.42. The lowest BCUT2D eigenvalue weighted by atomic mass is 10.1. The van der Waals surface area contributed by atoms with E-state index in [2.05, 4.69) is 9.97 Å². The van der Waals surface area contributed by atoms with Crippen molar-refractivity contribution in [2.24, 2.45) is 0 Å². The van der Waals surface area contributed by atoms with E-state index in [1.165, 1.54) is 18.5 Å². The van der Waals surface area contributed by atoms with Crippen LogP contribution in [0, 0.1) is 11.3 Å². The first-order valence-electron chi connectivity index (χ1n) is 9.21. The summed E-state index contributed by atoms with van der Waals surface area (Å²) in [6.45, 7) is 1.08. The molecule has 0 aliphatic carbocycles. The molecule has 1 atom stereocenters. The maximum Gasteiger partial charge on any atom is 0.251 e. The molecule has 1 fully saturated rings. The van der Waals surface area contributed by atoms with Crippen LogP contribution >= 0.6 is 0 Å². The number of rotatable bonds is 6. The fraction of sp³-hybridized carbons (Fsp3) is 0.333. The van der Waals surface area contributed by atoms with Crippen molar-refractivity contribution in [2.45, 2.75) is 18.9 Å². The Balaban J connectivity index is 1.64. The van der Waals surface area contributed by atoms with Crippen molar-refractivity contribution in [3.63, 3.8) is 0 Å². The molecule has 2 heterocycles. The van der Waals surface area contributed by atoms with E-state index in [9.17, 15) is 4.79 Å². The molecule has 3 rings (SSSR count). The molecule has 8 heteroatoms. The third kappa shape index (κ3) is 5.02. The third-order valence-corrected chi connectivity index (χ3v) is 4.56. The summed E-state index contributed by atoms with van der Waals surface area (Å²) in [5, 5.41) is 9.11. The van der Waals surface area contributed by atoms with Gasteiger partial charge >= 0.3 is 0 Å². The Kier molecular flexibility index (Phi) is 6.63. The lowest BCUT2D eigenvalue weighted by Gasteiger charge is -2.32. The number of likely N-dealkylation sites (tertiary alicyclic amines) is 1. The predicted octanol–water partition coefficient (Wildman–Crippen LogP) is 2.45. The van der Waals surface area contributed by atoms with E-state index in [4.69, 9.17) is 19.5 Å². The molecule has 0 radical (unpaired) electrons. The van der Waals surface area contributed by atoms with Crippen molar-refractivity contribution in [2.75, 3.05) is 27.3 Å². The Hall–Kier alpha value is -3.60. The number of carbonyl (C=O) groups excluding carboxylic acids is 1. The first-order chi connectivity index (χ1) is 14.1. The highest BCUT2D eigenvalue weighted by Gasteiger charge is 2.25. The van der Waals surface area contributed by atoms with Crippen molar-refractivity contribution in [1.29, 1.82) is 5.26 Å². The summed E-state index contributed by atoms with van der Waals surface area (Å²) in [5.74, 6) is 1.33. The largest absolute Gasteiger partial charge is 0.493 e. The fourth-order valence-electron chi connectivity index (χ4n) is 3.11. The maximum absolute atomic E-state index is 12.6. The molecule has 8 nitrogen and oxygen atoms in total. The third-order valence-electron chi connectivity index (χ3n) is 4.56. The number of aromatic nitrogens is 2.